The van der Waals surface area contributed by atoms with Gasteiger partial charge in [-0.15, -0.1) is 22.7 Å². The van der Waals surface area contributed by atoms with Gasteiger partial charge >= 0.3 is 0 Å². The van der Waals surface area contributed by atoms with Gasteiger partial charge in [0.15, 0.2) is 6.29 Å². The van der Waals surface area contributed by atoms with Gasteiger partial charge in [-0.25, -0.2) is 0 Å². The van der Waals surface area contributed by atoms with E-state index in [0.717, 1.165) is 22.9 Å². The smallest absolute Gasteiger partial charge is 0.152 e. The van der Waals surface area contributed by atoms with Crippen molar-refractivity contribution in [2.24, 2.45) is 0 Å². The molecule has 0 aliphatic carbocycles. The van der Waals surface area contributed by atoms with Crippen molar-refractivity contribution in [3.8, 4) is 20.2 Å². The minimum Gasteiger partial charge on any atom is -0.298 e. The van der Waals surface area contributed by atoms with Crippen molar-refractivity contribution in [3.63, 3.8) is 0 Å². The van der Waals surface area contributed by atoms with E-state index in [1.54, 1.807) is 15.3 Å². The van der Waals surface area contributed by atoms with Crippen molar-refractivity contribution in [1.29, 1.82) is 0 Å². The molecule has 1 aromatic carbocycles. The third-order valence-electron chi connectivity index (χ3n) is 7.39. The van der Waals surface area contributed by atoms with Crippen molar-refractivity contribution in [2.45, 2.75) is 77.3 Å². The molecule has 3 nitrogen and oxygen atoms in total. The lowest BCUT2D eigenvalue weighted by molar-refractivity contribution is 0.112. The molecular formula is C27H32N2OS3Si. The van der Waals surface area contributed by atoms with Crippen LogP contribution in [0.1, 0.15) is 75.6 Å². The lowest BCUT2D eigenvalue weighted by Crippen LogP contribution is -2.54. The number of aldehydes is 1. The van der Waals surface area contributed by atoms with Crippen molar-refractivity contribution in [3.05, 3.63) is 35.2 Å². The Kier molecular flexibility index (Phi) is 7.44. The lowest BCUT2D eigenvalue weighted by atomic mass is 10.1. The second-order valence-electron chi connectivity index (χ2n) is 9.50. The molecule has 7 heteroatoms. The highest BCUT2D eigenvalue weighted by Crippen LogP contribution is 2.45. The number of fused-ring (bicyclic) bond motifs is 4. The third kappa shape index (κ3) is 4.14. The zero-order valence-corrected chi connectivity index (χ0v) is 23.5. The average Bonchev–Trinajstić information content (AvgIpc) is 3.63. The number of nitrogens with zero attached hydrogens (tertiary/aromatic N) is 2. The van der Waals surface area contributed by atoms with Crippen LogP contribution in [0.15, 0.2) is 29.6 Å². The Morgan fingerprint density at radius 1 is 0.853 bits per heavy atom. The number of aromatic nitrogens is 2. The van der Waals surface area contributed by atoms with E-state index < -0.39 is 8.07 Å². The molecule has 178 valence electrons. The van der Waals surface area contributed by atoms with Crippen LogP contribution in [0.3, 0.4) is 0 Å². The average molecular weight is 525 g/mol. The van der Waals surface area contributed by atoms with Gasteiger partial charge in [0.2, 0.25) is 0 Å². The fraction of sp³-hybridized carbons (Fsp3) is 0.444. The Balaban J connectivity index is 1.58. The van der Waals surface area contributed by atoms with Crippen molar-refractivity contribution < 1.29 is 4.79 Å². The largest absolute Gasteiger partial charge is 0.298 e. The molecule has 0 amide bonds. The van der Waals surface area contributed by atoms with E-state index >= 15 is 0 Å². The normalized spacial score (nSPS) is 13.9. The summed E-state index contributed by atoms with van der Waals surface area (Å²) in [4.78, 5) is 15.9. The van der Waals surface area contributed by atoms with Gasteiger partial charge in [0.05, 0.1) is 11.7 Å². The number of carbonyl (C=O) groups excluding carboxylic acids is 1. The molecular weight excluding hydrogens is 493 g/mol. The minimum atomic E-state index is -1.77. The molecule has 4 aromatic rings. The first-order valence-corrected chi connectivity index (χ1v) is 17.5. The van der Waals surface area contributed by atoms with Crippen molar-refractivity contribution in [1.82, 2.24) is 8.75 Å². The van der Waals surface area contributed by atoms with E-state index in [2.05, 4.69) is 46.2 Å². The molecule has 0 atom stereocenters. The van der Waals surface area contributed by atoms with E-state index in [1.807, 2.05) is 28.7 Å². The van der Waals surface area contributed by atoms with Crippen molar-refractivity contribution >= 4 is 70.2 Å². The van der Waals surface area contributed by atoms with Gasteiger partial charge in [0.25, 0.3) is 0 Å². The summed E-state index contributed by atoms with van der Waals surface area (Å²) in [7, 11) is -1.77. The van der Waals surface area contributed by atoms with Crippen LogP contribution >= 0.6 is 34.4 Å². The van der Waals surface area contributed by atoms with E-state index in [1.165, 1.54) is 84.9 Å². The summed E-state index contributed by atoms with van der Waals surface area (Å²) < 4.78 is 9.02. The van der Waals surface area contributed by atoms with Crippen LogP contribution < -0.4 is 10.4 Å². The highest BCUT2D eigenvalue weighted by atomic mass is 32.1. The number of thiophene rings is 2. The summed E-state index contributed by atoms with van der Waals surface area (Å²) in [5.74, 6) is 0. The highest BCUT2D eigenvalue weighted by molar-refractivity contribution is 7.30. The lowest BCUT2D eigenvalue weighted by Gasteiger charge is -2.29. The fourth-order valence-corrected chi connectivity index (χ4v) is 15.4. The van der Waals surface area contributed by atoms with Crippen LogP contribution in [0.5, 0.6) is 0 Å². The number of benzene rings is 1. The molecule has 1 aliphatic heterocycles. The second kappa shape index (κ2) is 10.5. The molecule has 4 heterocycles. The number of hydrogen-bond acceptors (Lipinski definition) is 6. The van der Waals surface area contributed by atoms with Crippen LogP contribution in [0.2, 0.25) is 12.1 Å². The Morgan fingerprint density at radius 3 is 2.29 bits per heavy atom. The first-order chi connectivity index (χ1) is 16.7. The Labute approximate surface area is 215 Å². The molecule has 0 unspecified atom stereocenters. The molecule has 1 aliphatic rings. The highest BCUT2D eigenvalue weighted by Gasteiger charge is 2.46. The van der Waals surface area contributed by atoms with Gasteiger partial charge in [-0.05, 0) is 40.0 Å². The van der Waals surface area contributed by atoms with Gasteiger partial charge in [0, 0.05) is 25.8 Å². The first kappa shape index (κ1) is 24.0. The summed E-state index contributed by atoms with van der Waals surface area (Å²) in [5.41, 5.74) is 3.38. The van der Waals surface area contributed by atoms with Gasteiger partial charge in [0.1, 0.15) is 19.1 Å². The van der Waals surface area contributed by atoms with Crippen LogP contribution in [-0.2, 0) is 0 Å². The number of carbonyl (C=O) groups is 1. The molecule has 0 saturated heterocycles. The Morgan fingerprint density at radius 2 is 1.59 bits per heavy atom. The molecule has 0 bridgehead atoms. The van der Waals surface area contributed by atoms with E-state index in [9.17, 15) is 4.79 Å². The molecule has 0 fully saturated rings. The monoisotopic (exact) mass is 524 g/mol. The van der Waals surface area contributed by atoms with Crippen LogP contribution in [0.25, 0.3) is 31.2 Å². The van der Waals surface area contributed by atoms with E-state index in [4.69, 9.17) is 0 Å². The maximum atomic E-state index is 11.5. The molecule has 0 spiro atoms. The zero-order valence-electron chi connectivity index (χ0n) is 20.1. The Bertz CT molecular complexity index is 1280. The predicted octanol–water partition coefficient (Wildman–Crippen LogP) is 8.00. The van der Waals surface area contributed by atoms with Crippen LogP contribution in [0.4, 0.5) is 0 Å². The molecule has 0 N–H and O–H groups in total. The van der Waals surface area contributed by atoms with Crippen LogP contribution in [0, 0.1) is 0 Å². The SMILES string of the molecule is CCCCCC[Si]1(CCCCCC)c2ccsc2-c2sc(-c3ccc(C=O)c4nsnc34)cc21. The van der Waals surface area contributed by atoms with Crippen LogP contribution in [-0.4, -0.2) is 23.1 Å². The van der Waals surface area contributed by atoms with E-state index in [-0.39, 0.29) is 0 Å². The maximum absolute atomic E-state index is 11.5. The number of hydrogen-bond donors (Lipinski definition) is 0. The Hall–Kier alpha value is -1.67. The van der Waals surface area contributed by atoms with Gasteiger partial charge in [-0.3, -0.25) is 4.79 Å². The topological polar surface area (TPSA) is 42.9 Å². The first-order valence-electron chi connectivity index (χ1n) is 12.7. The van der Waals surface area contributed by atoms with Gasteiger partial charge < -0.3 is 0 Å². The maximum Gasteiger partial charge on any atom is 0.152 e. The summed E-state index contributed by atoms with van der Waals surface area (Å²) in [6.07, 6.45) is 11.6. The quantitative estimate of drug-likeness (QED) is 0.107. The summed E-state index contributed by atoms with van der Waals surface area (Å²) in [6.45, 7) is 4.61. The number of rotatable bonds is 12. The molecule has 3 aromatic heterocycles. The predicted molar refractivity (Wildman–Crippen MR) is 152 cm³/mol. The molecule has 5 rings (SSSR count). The standard InChI is InChI=1S/C27H32N2OS3Si/c1-3-5-7-9-15-34(16-10-8-6-4-2)22-13-14-31-26(22)27-23(34)17-21(32-27)20-12-11-19(18-30)24-25(20)29-33-28-24/h11-14,17-18H,3-10,15-16H2,1-2H3. The zero-order chi connectivity index (χ0) is 23.5. The fourth-order valence-electron chi connectivity index (χ4n) is 5.61. The van der Waals surface area contributed by atoms with E-state index in [0.29, 0.717) is 5.56 Å². The third-order valence-corrected chi connectivity index (χ3v) is 15.8. The van der Waals surface area contributed by atoms with Gasteiger partial charge in [-0.1, -0.05) is 77.3 Å². The second-order valence-corrected chi connectivity index (χ2v) is 16.2. The summed E-state index contributed by atoms with van der Waals surface area (Å²) >= 11 is 5.07. The summed E-state index contributed by atoms with van der Waals surface area (Å²) in [5, 5.41) is 5.72. The van der Waals surface area contributed by atoms with Gasteiger partial charge in [-0.2, -0.15) is 8.75 Å². The van der Waals surface area contributed by atoms with Crippen molar-refractivity contribution in [2.75, 3.05) is 0 Å². The summed E-state index contributed by atoms with van der Waals surface area (Å²) in [6, 6.07) is 11.7. The molecule has 34 heavy (non-hydrogen) atoms. The minimum absolute atomic E-state index is 0.632. The number of unbranched alkanes of at least 4 members (excludes halogenated alkanes) is 6. The molecule has 0 saturated carbocycles. The molecule has 0 radical (unpaired) electrons.